The normalized spacial score (nSPS) is 13.5. The summed E-state index contributed by atoms with van der Waals surface area (Å²) < 4.78 is 0. The number of fused-ring (bicyclic) bond motifs is 2. The van der Waals surface area contributed by atoms with Crippen LogP contribution in [-0.4, -0.2) is 0 Å². The number of rotatable bonds is 6. The van der Waals surface area contributed by atoms with Crippen molar-refractivity contribution >= 4 is 21.9 Å². The smallest absolute Gasteiger partial charge is 0.0214 e. The highest BCUT2D eigenvalue weighted by Crippen LogP contribution is 2.43. The molecule has 0 heteroatoms. The first-order chi connectivity index (χ1) is 12.4. The quantitative estimate of drug-likeness (QED) is 0.417. The highest BCUT2D eigenvalue weighted by Gasteiger charge is 2.23. The number of allylic oxidation sites excluding steroid dienone is 2. The minimum Gasteiger partial charge on any atom is -0.0654 e. The monoisotopic (exact) mass is 325 g/mol. The molecular weight excluding hydrogens is 300 g/mol. The number of hydrogen-bond donors (Lipinski definition) is 0. The molecule has 0 aliphatic heterocycles. The summed E-state index contributed by atoms with van der Waals surface area (Å²) in [5.41, 5.74) is 7.13. The zero-order chi connectivity index (χ0) is 17.1. The maximum Gasteiger partial charge on any atom is 0.0214 e. The average molecular weight is 325 g/mol. The van der Waals surface area contributed by atoms with E-state index in [1.165, 1.54) is 70.7 Å². The maximum atomic E-state index is 2.40. The zero-order valence-corrected chi connectivity index (χ0v) is 15.0. The largest absolute Gasteiger partial charge is 0.0654 e. The van der Waals surface area contributed by atoms with Gasteiger partial charge in [0.25, 0.3) is 0 Å². The lowest BCUT2D eigenvalue weighted by atomic mass is 9.92. The predicted molar refractivity (Wildman–Crippen MR) is 109 cm³/mol. The Morgan fingerprint density at radius 3 is 2.36 bits per heavy atom. The molecule has 0 spiro atoms. The van der Waals surface area contributed by atoms with Gasteiger partial charge >= 0.3 is 0 Å². The van der Waals surface area contributed by atoms with E-state index in [4.69, 9.17) is 0 Å². The van der Waals surface area contributed by atoms with Crippen LogP contribution in [0.25, 0.3) is 21.9 Å². The van der Waals surface area contributed by atoms with Crippen LogP contribution in [0.15, 0.2) is 66.7 Å². The third-order valence-electron chi connectivity index (χ3n) is 5.27. The highest BCUT2D eigenvalue weighted by atomic mass is 14.3. The molecule has 125 valence electrons. The Labute approximate surface area is 151 Å². The Morgan fingerprint density at radius 1 is 0.680 bits per heavy atom. The lowest BCUT2D eigenvalue weighted by Crippen LogP contribution is -1.89. The van der Waals surface area contributed by atoms with Crippen LogP contribution < -0.4 is 0 Å². The standard InChI is InChI=1S/C25H25/c1-2-3-4-5-16-23-22-15-9-7-12-20(22)18-25(23)24-17-10-13-19-11-6-8-14-21(19)24/h6-15,17-18H,2-5,16H2,1H3. The van der Waals surface area contributed by atoms with E-state index < -0.39 is 0 Å². The topological polar surface area (TPSA) is 0 Å². The summed E-state index contributed by atoms with van der Waals surface area (Å²) in [6.45, 7) is 2.28. The third-order valence-corrected chi connectivity index (χ3v) is 5.27. The Balaban J connectivity index is 1.79. The molecule has 0 saturated carbocycles. The molecule has 3 aromatic rings. The van der Waals surface area contributed by atoms with Crippen LogP contribution in [0.5, 0.6) is 0 Å². The second kappa shape index (κ2) is 7.27. The summed E-state index contributed by atoms with van der Waals surface area (Å²) in [4.78, 5) is 0. The maximum absolute atomic E-state index is 2.40. The fourth-order valence-corrected chi connectivity index (χ4v) is 3.98. The van der Waals surface area contributed by atoms with Crippen LogP contribution >= 0.6 is 0 Å². The molecule has 0 N–H and O–H groups in total. The Kier molecular flexibility index (Phi) is 4.70. The van der Waals surface area contributed by atoms with Crippen molar-refractivity contribution in [2.24, 2.45) is 0 Å². The van der Waals surface area contributed by atoms with Crippen molar-refractivity contribution in [2.75, 3.05) is 0 Å². The van der Waals surface area contributed by atoms with Gasteiger partial charge in [-0.2, -0.15) is 0 Å². The Bertz CT molecular complexity index is 909. The van der Waals surface area contributed by atoms with Crippen molar-refractivity contribution in [1.29, 1.82) is 0 Å². The van der Waals surface area contributed by atoms with Crippen molar-refractivity contribution in [3.63, 3.8) is 0 Å². The minimum absolute atomic E-state index is 1.17. The van der Waals surface area contributed by atoms with Gasteiger partial charge in [-0.1, -0.05) is 92.9 Å². The van der Waals surface area contributed by atoms with Crippen molar-refractivity contribution in [2.45, 2.75) is 39.0 Å². The fraction of sp³-hybridized carbons (Fsp3) is 0.240. The molecule has 0 heterocycles. The van der Waals surface area contributed by atoms with E-state index in [1.807, 2.05) is 0 Å². The first-order valence-corrected chi connectivity index (χ1v) is 9.54. The zero-order valence-electron chi connectivity index (χ0n) is 15.0. The molecule has 3 aromatic carbocycles. The van der Waals surface area contributed by atoms with E-state index in [0.717, 1.165) is 0 Å². The summed E-state index contributed by atoms with van der Waals surface area (Å²) in [5.74, 6) is 0. The van der Waals surface area contributed by atoms with Crippen LogP contribution in [0.1, 0.15) is 55.7 Å². The molecule has 0 aromatic heterocycles. The van der Waals surface area contributed by atoms with Crippen LogP contribution in [0.4, 0.5) is 0 Å². The molecule has 25 heavy (non-hydrogen) atoms. The molecule has 1 radical (unpaired) electrons. The number of benzene rings is 3. The van der Waals surface area contributed by atoms with Gasteiger partial charge in [-0.3, -0.25) is 0 Å². The van der Waals surface area contributed by atoms with Crippen molar-refractivity contribution < 1.29 is 0 Å². The molecule has 0 amide bonds. The molecule has 0 saturated heterocycles. The molecule has 0 unspecified atom stereocenters. The van der Waals surface area contributed by atoms with Crippen LogP contribution in [0.2, 0.25) is 0 Å². The molecule has 0 fully saturated rings. The molecule has 4 rings (SSSR count). The summed E-state index contributed by atoms with van der Waals surface area (Å²) in [6.07, 6.45) is 8.79. The summed E-state index contributed by atoms with van der Waals surface area (Å²) in [5, 5.41) is 2.68. The van der Waals surface area contributed by atoms with Crippen LogP contribution in [0.3, 0.4) is 0 Å². The second-order valence-electron chi connectivity index (χ2n) is 6.96. The first kappa shape index (κ1) is 16.1. The van der Waals surface area contributed by atoms with Crippen LogP contribution in [-0.2, 0) is 0 Å². The molecular formula is C25H25. The summed E-state index contributed by atoms with van der Waals surface area (Å²) >= 11 is 0. The molecule has 0 nitrogen and oxygen atoms in total. The van der Waals surface area contributed by atoms with E-state index in [0.29, 0.717) is 0 Å². The lowest BCUT2D eigenvalue weighted by molar-refractivity contribution is 0.679. The predicted octanol–water partition coefficient (Wildman–Crippen LogP) is 7.29. The van der Waals surface area contributed by atoms with Gasteiger partial charge in [-0.05, 0) is 51.5 Å². The first-order valence-electron chi connectivity index (χ1n) is 9.54. The molecule has 0 bridgehead atoms. The van der Waals surface area contributed by atoms with Crippen molar-refractivity contribution in [1.82, 2.24) is 0 Å². The second-order valence-corrected chi connectivity index (χ2v) is 6.96. The van der Waals surface area contributed by atoms with E-state index in [-0.39, 0.29) is 0 Å². The van der Waals surface area contributed by atoms with E-state index in [1.54, 1.807) is 0 Å². The van der Waals surface area contributed by atoms with E-state index >= 15 is 0 Å². The van der Waals surface area contributed by atoms with E-state index in [2.05, 4.69) is 80.1 Å². The van der Waals surface area contributed by atoms with Gasteiger partial charge in [-0.15, -0.1) is 0 Å². The Morgan fingerprint density at radius 2 is 1.44 bits per heavy atom. The van der Waals surface area contributed by atoms with Crippen molar-refractivity contribution in [3.05, 3.63) is 89.8 Å². The van der Waals surface area contributed by atoms with Gasteiger partial charge in [0.05, 0.1) is 0 Å². The van der Waals surface area contributed by atoms with E-state index in [9.17, 15) is 0 Å². The van der Waals surface area contributed by atoms with Gasteiger partial charge in [0, 0.05) is 6.42 Å². The Hall–Kier alpha value is -2.34. The number of hydrogen-bond acceptors (Lipinski definition) is 0. The van der Waals surface area contributed by atoms with Gasteiger partial charge < -0.3 is 0 Å². The molecule has 1 aliphatic carbocycles. The minimum atomic E-state index is 1.17. The third kappa shape index (κ3) is 3.14. The number of unbranched alkanes of at least 4 members (excludes halogenated alkanes) is 3. The molecule has 1 aliphatic rings. The van der Waals surface area contributed by atoms with Gasteiger partial charge in [-0.25, -0.2) is 0 Å². The summed E-state index contributed by atoms with van der Waals surface area (Å²) in [6, 6.07) is 24.3. The fourth-order valence-electron chi connectivity index (χ4n) is 3.98. The van der Waals surface area contributed by atoms with Gasteiger partial charge in [0.1, 0.15) is 0 Å². The van der Waals surface area contributed by atoms with Gasteiger partial charge in [0.15, 0.2) is 0 Å². The highest BCUT2D eigenvalue weighted by molar-refractivity contribution is 6.08. The molecule has 0 atom stereocenters. The van der Waals surface area contributed by atoms with Gasteiger partial charge in [0.2, 0.25) is 0 Å². The SMILES string of the molecule is CCCCCCC1=C(c2cccc3ccccc23)[CH]c2ccccc21. The average Bonchev–Trinajstić information content (AvgIpc) is 3.03. The lowest BCUT2D eigenvalue weighted by Gasteiger charge is -2.12. The van der Waals surface area contributed by atoms with Crippen LogP contribution in [0, 0.1) is 6.42 Å². The summed E-state index contributed by atoms with van der Waals surface area (Å²) in [7, 11) is 0. The van der Waals surface area contributed by atoms with Crippen molar-refractivity contribution in [3.8, 4) is 0 Å².